The maximum Gasteiger partial charge on any atom is 0.407 e. The van der Waals surface area contributed by atoms with Crippen molar-refractivity contribution in [1.29, 1.82) is 0 Å². The number of rotatable bonds is 8. The first-order valence-corrected chi connectivity index (χ1v) is 11.2. The molecule has 0 bridgehead atoms. The van der Waals surface area contributed by atoms with Crippen LogP contribution >= 0.6 is 0 Å². The van der Waals surface area contributed by atoms with Crippen molar-refractivity contribution in [3.8, 4) is 11.5 Å². The minimum atomic E-state index is -0.559. The molecular weight excluding hydrogens is 436 g/mol. The quantitative estimate of drug-likeness (QED) is 0.540. The Morgan fingerprint density at radius 2 is 2.09 bits per heavy atom. The van der Waals surface area contributed by atoms with Crippen LogP contribution in [-0.2, 0) is 24.4 Å². The van der Waals surface area contributed by atoms with Crippen LogP contribution in [0, 0.1) is 0 Å². The number of amides is 2. The van der Waals surface area contributed by atoms with Crippen molar-refractivity contribution in [2.45, 2.75) is 40.0 Å². The minimum absolute atomic E-state index is 0.0396. The fraction of sp³-hybridized carbons (Fsp3) is 0.391. The van der Waals surface area contributed by atoms with Crippen LogP contribution in [-0.4, -0.2) is 57.4 Å². The summed E-state index contributed by atoms with van der Waals surface area (Å²) in [7, 11) is 3.39. The molecule has 178 valence electrons. The highest BCUT2D eigenvalue weighted by Gasteiger charge is 2.33. The maximum absolute atomic E-state index is 13.5. The molecule has 3 aromatic heterocycles. The average molecular weight is 465 g/mol. The molecule has 0 unspecified atom stereocenters. The Morgan fingerprint density at radius 1 is 1.26 bits per heavy atom. The highest BCUT2D eigenvalue weighted by Crippen LogP contribution is 2.32. The van der Waals surface area contributed by atoms with E-state index in [0.29, 0.717) is 41.0 Å². The van der Waals surface area contributed by atoms with Gasteiger partial charge in [0.2, 0.25) is 0 Å². The van der Waals surface area contributed by atoms with Crippen LogP contribution in [0.25, 0.3) is 11.5 Å². The van der Waals surface area contributed by atoms with Gasteiger partial charge in [-0.3, -0.25) is 9.69 Å². The molecule has 0 atom stereocenters. The number of anilines is 2. The number of nitrogens with one attached hydrogen (secondary N) is 1. The van der Waals surface area contributed by atoms with Gasteiger partial charge in [-0.25, -0.2) is 14.8 Å². The number of alkyl carbamates (subject to hydrolysis) is 1. The smallest absolute Gasteiger partial charge is 0.407 e. The number of ether oxygens (including phenoxy) is 1. The number of carbonyl (C=O) groups excluding carboxylic acids is 2. The fourth-order valence-corrected chi connectivity index (χ4v) is 3.78. The van der Waals surface area contributed by atoms with Crippen molar-refractivity contribution in [2.24, 2.45) is 0 Å². The Bertz CT molecular complexity index is 1210. The van der Waals surface area contributed by atoms with Gasteiger partial charge in [0.05, 0.1) is 17.8 Å². The first-order valence-electron chi connectivity index (χ1n) is 11.2. The second-order valence-electron chi connectivity index (χ2n) is 7.91. The fourth-order valence-electron chi connectivity index (χ4n) is 3.78. The Kier molecular flexibility index (Phi) is 6.71. The van der Waals surface area contributed by atoms with Crippen molar-refractivity contribution in [2.75, 3.05) is 30.4 Å². The molecule has 3 aromatic rings. The van der Waals surface area contributed by atoms with Gasteiger partial charge >= 0.3 is 6.09 Å². The van der Waals surface area contributed by atoms with Crippen molar-refractivity contribution < 1.29 is 14.3 Å². The molecule has 0 aliphatic carbocycles. The van der Waals surface area contributed by atoms with E-state index in [1.807, 2.05) is 35.6 Å². The summed E-state index contributed by atoms with van der Waals surface area (Å²) < 4.78 is 7.20. The van der Waals surface area contributed by atoms with Crippen molar-refractivity contribution >= 4 is 23.6 Å². The Labute approximate surface area is 197 Å². The largest absolute Gasteiger partial charge is 0.443 e. The molecule has 11 heteroatoms. The molecule has 4 rings (SSSR count). The third-order valence-corrected chi connectivity index (χ3v) is 5.72. The van der Waals surface area contributed by atoms with Gasteiger partial charge in [0.25, 0.3) is 5.91 Å². The van der Waals surface area contributed by atoms with Crippen molar-refractivity contribution in [1.82, 2.24) is 30.0 Å². The number of hydrogen-bond acceptors (Lipinski definition) is 8. The summed E-state index contributed by atoms with van der Waals surface area (Å²) in [6.07, 6.45) is 2.06. The lowest BCUT2D eigenvalue weighted by molar-refractivity contribution is 0.0996. The molecule has 4 heterocycles. The summed E-state index contributed by atoms with van der Waals surface area (Å²) in [5.41, 5.74) is 2.44. The molecular formula is C23H28N8O3. The van der Waals surface area contributed by atoms with Crippen molar-refractivity contribution in [3.63, 3.8) is 0 Å². The van der Waals surface area contributed by atoms with E-state index in [0.717, 1.165) is 18.5 Å². The van der Waals surface area contributed by atoms with Gasteiger partial charge in [-0.1, -0.05) is 13.0 Å². The summed E-state index contributed by atoms with van der Waals surface area (Å²) in [5.74, 6) is 1.62. The third kappa shape index (κ3) is 4.41. The van der Waals surface area contributed by atoms with Crippen LogP contribution in [0.4, 0.5) is 16.4 Å². The number of aromatic nitrogens is 5. The van der Waals surface area contributed by atoms with Gasteiger partial charge in [0, 0.05) is 32.7 Å². The molecule has 1 N–H and O–H groups in total. The minimum Gasteiger partial charge on any atom is -0.443 e. The number of nitrogens with zero attached hydrogens (tertiary/aromatic N) is 7. The van der Waals surface area contributed by atoms with Gasteiger partial charge in [-0.15, -0.1) is 10.2 Å². The zero-order chi connectivity index (χ0) is 24.2. The lowest BCUT2D eigenvalue weighted by atomic mass is 10.1. The molecule has 34 heavy (non-hydrogen) atoms. The number of fused-ring (bicyclic) bond motifs is 1. The molecule has 0 fully saturated rings. The van der Waals surface area contributed by atoms with E-state index >= 15 is 0 Å². The highest BCUT2D eigenvalue weighted by atomic mass is 16.5. The van der Waals surface area contributed by atoms with Crippen LogP contribution in [0.15, 0.2) is 30.6 Å². The molecule has 0 saturated heterocycles. The second kappa shape index (κ2) is 9.86. The lowest BCUT2D eigenvalue weighted by Crippen LogP contribution is -2.24. The molecule has 11 nitrogen and oxygen atoms in total. The van der Waals surface area contributed by atoms with E-state index in [-0.39, 0.29) is 19.1 Å². The molecule has 1 aliphatic heterocycles. The Balaban J connectivity index is 1.69. The summed E-state index contributed by atoms with van der Waals surface area (Å²) in [4.78, 5) is 38.1. The van der Waals surface area contributed by atoms with Crippen LogP contribution in [0.5, 0.6) is 0 Å². The maximum atomic E-state index is 13.5. The SMILES string of the molecule is CCCn1cnnc1-c1cccc(N2Cc3c(cc(N(C)CC)nc3COC(=O)NC)C2=O)n1. The predicted octanol–water partition coefficient (Wildman–Crippen LogP) is 2.62. The number of pyridine rings is 2. The molecule has 0 radical (unpaired) electrons. The summed E-state index contributed by atoms with van der Waals surface area (Å²) in [6, 6.07) is 7.28. The molecule has 0 spiro atoms. The third-order valence-electron chi connectivity index (χ3n) is 5.72. The average Bonchev–Trinajstić information content (AvgIpc) is 3.46. The van der Waals surface area contributed by atoms with Gasteiger partial charge in [0.1, 0.15) is 30.3 Å². The van der Waals surface area contributed by atoms with E-state index in [1.54, 1.807) is 23.4 Å². The standard InChI is InChI=1S/C23H28N8O3/c1-5-10-30-14-25-28-21(30)17-8-7-9-19(26-17)31-12-16-15(22(31)32)11-20(29(4)6-2)27-18(16)13-34-23(33)24-3/h7-9,11,14H,5-6,10,12-13H2,1-4H3,(H,24,33). The van der Waals surface area contributed by atoms with Crippen LogP contribution in [0.1, 0.15) is 41.9 Å². The van der Waals surface area contributed by atoms with Gasteiger partial charge in [-0.2, -0.15) is 0 Å². The van der Waals surface area contributed by atoms with E-state index in [9.17, 15) is 9.59 Å². The zero-order valence-corrected chi connectivity index (χ0v) is 19.8. The first kappa shape index (κ1) is 23.1. The van der Waals surface area contributed by atoms with E-state index in [4.69, 9.17) is 9.72 Å². The topological polar surface area (TPSA) is 118 Å². The summed E-state index contributed by atoms with van der Waals surface area (Å²) in [5, 5.41) is 10.7. The monoisotopic (exact) mass is 464 g/mol. The Hall–Kier alpha value is -4.02. The van der Waals surface area contributed by atoms with E-state index in [2.05, 4.69) is 27.4 Å². The second-order valence-corrected chi connectivity index (χ2v) is 7.91. The van der Waals surface area contributed by atoms with Gasteiger partial charge in [-0.05, 0) is 31.5 Å². The molecule has 0 saturated carbocycles. The molecule has 1 aliphatic rings. The highest BCUT2D eigenvalue weighted by molar-refractivity contribution is 6.10. The van der Waals surface area contributed by atoms with Gasteiger partial charge in [0.15, 0.2) is 5.82 Å². The number of carbonyl (C=O) groups is 2. The lowest BCUT2D eigenvalue weighted by Gasteiger charge is -2.18. The molecule has 2 amide bonds. The Morgan fingerprint density at radius 3 is 2.82 bits per heavy atom. The first-order chi connectivity index (χ1) is 16.5. The normalized spacial score (nSPS) is 12.6. The van der Waals surface area contributed by atoms with E-state index < -0.39 is 6.09 Å². The van der Waals surface area contributed by atoms with Crippen LogP contribution in [0.2, 0.25) is 0 Å². The predicted molar refractivity (Wildman–Crippen MR) is 126 cm³/mol. The summed E-state index contributed by atoms with van der Waals surface area (Å²) >= 11 is 0. The van der Waals surface area contributed by atoms with Crippen molar-refractivity contribution in [3.05, 3.63) is 47.4 Å². The summed E-state index contributed by atoms with van der Waals surface area (Å²) in [6.45, 7) is 5.80. The molecule has 0 aromatic carbocycles. The van der Waals surface area contributed by atoms with Gasteiger partial charge < -0.3 is 19.5 Å². The number of aryl methyl sites for hydroxylation is 1. The van der Waals surface area contributed by atoms with E-state index in [1.165, 1.54) is 7.05 Å². The number of hydrogen-bond donors (Lipinski definition) is 1. The van der Waals surface area contributed by atoms with Crippen LogP contribution in [0.3, 0.4) is 0 Å². The zero-order valence-electron chi connectivity index (χ0n) is 19.8. The van der Waals surface area contributed by atoms with Crippen LogP contribution < -0.4 is 15.1 Å².